The van der Waals surface area contributed by atoms with Gasteiger partial charge >= 0.3 is 7.60 Å². The monoisotopic (exact) mass is 443 g/mol. The Bertz CT molecular complexity index is 1070. The summed E-state index contributed by atoms with van der Waals surface area (Å²) in [4.78, 5) is 52.6. The van der Waals surface area contributed by atoms with Gasteiger partial charge in [0, 0.05) is 12.2 Å². The molecule has 164 valence electrons. The molecular weight excluding hydrogens is 421 g/mol. The van der Waals surface area contributed by atoms with E-state index in [1.54, 1.807) is 0 Å². The summed E-state index contributed by atoms with van der Waals surface area (Å²) in [7, 11) is -4.49. The predicted molar refractivity (Wildman–Crippen MR) is 103 cm³/mol. The third-order valence-electron chi connectivity index (χ3n) is 4.30. The Kier molecular flexibility index (Phi) is 6.22. The van der Waals surface area contributed by atoms with E-state index in [4.69, 9.17) is 14.5 Å². The molecular formula is C16H22N5O8P. The highest BCUT2D eigenvalue weighted by molar-refractivity contribution is 7.55. The Morgan fingerprint density at radius 1 is 1.40 bits per heavy atom. The van der Waals surface area contributed by atoms with Gasteiger partial charge in [-0.15, -0.1) is 0 Å². The van der Waals surface area contributed by atoms with Gasteiger partial charge in [0.1, 0.15) is 18.3 Å². The number of hydrogen-bond acceptors (Lipinski definition) is 8. The summed E-state index contributed by atoms with van der Waals surface area (Å²) in [5.41, 5.74) is -0.740. The molecule has 0 saturated carbocycles. The zero-order valence-corrected chi connectivity index (χ0v) is 16.9. The maximum absolute atomic E-state index is 12.3. The number of nitrogens with zero attached hydrogens (tertiary/aromatic N) is 3. The number of aromatic amines is 1. The van der Waals surface area contributed by atoms with E-state index in [0.717, 1.165) is 6.08 Å². The van der Waals surface area contributed by atoms with Gasteiger partial charge in [-0.3, -0.25) is 29.0 Å². The second-order valence-electron chi connectivity index (χ2n) is 7.29. The topological polar surface area (TPSA) is 200 Å². The molecule has 30 heavy (non-hydrogen) atoms. The van der Waals surface area contributed by atoms with Crippen molar-refractivity contribution >= 4 is 30.6 Å². The number of aliphatic hydroxyl groups is 2. The molecule has 1 aliphatic heterocycles. The van der Waals surface area contributed by atoms with Crippen LogP contribution in [0.2, 0.25) is 0 Å². The first-order chi connectivity index (χ1) is 14.0. The summed E-state index contributed by atoms with van der Waals surface area (Å²) >= 11 is 0. The van der Waals surface area contributed by atoms with E-state index in [0.29, 0.717) is 5.82 Å². The lowest BCUT2D eigenvalue weighted by molar-refractivity contribution is -0.116. The van der Waals surface area contributed by atoms with Crippen molar-refractivity contribution < 1.29 is 34.1 Å². The Hall–Kier alpha value is -2.41. The summed E-state index contributed by atoms with van der Waals surface area (Å²) in [5, 5.41) is 23.0. The second-order valence-corrected chi connectivity index (χ2v) is 8.76. The summed E-state index contributed by atoms with van der Waals surface area (Å²) < 4.78 is 17.7. The Labute approximate surface area is 169 Å². The second kappa shape index (κ2) is 8.38. The van der Waals surface area contributed by atoms with Gasteiger partial charge in [-0.2, -0.15) is 4.98 Å². The Morgan fingerprint density at radius 2 is 2.10 bits per heavy atom. The first-order valence-corrected chi connectivity index (χ1v) is 10.7. The highest BCUT2D eigenvalue weighted by Gasteiger charge is 2.43. The number of carbonyl (C=O) groups excluding carboxylic acids is 1. The fourth-order valence-corrected chi connectivity index (χ4v) is 3.39. The first kappa shape index (κ1) is 22.3. The van der Waals surface area contributed by atoms with Gasteiger partial charge in [0.2, 0.25) is 11.9 Å². The molecule has 2 aromatic rings. The normalized spacial score (nSPS) is 24.9. The average molecular weight is 443 g/mol. The van der Waals surface area contributed by atoms with Gasteiger partial charge in [0.15, 0.2) is 17.4 Å². The molecule has 3 heterocycles. The number of imidazole rings is 1. The van der Waals surface area contributed by atoms with Gasteiger partial charge in [-0.05, 0) is 12.0 Å². The molecule has 4 atom stereocenters. The largest absolute Gasteiger partial charge is 0.387 e. The van der Waals surface area contributed by atoms with E-state index in [9.17, 15) is 24.4 Å². The molecule has 14 heteroatoms. The minimum Gasteiger partial charge on any atom is -0.387 e. The summed E-state index contributed by atoms with van der Waals surface area (Å²) in [5.74, 6) is 0.181. The van der Waals surface area contributed by atoms with Crippen LogP contribution in [0, 0.1) is 5.92 Å². The third kappa shape index (κ3) is 4.83. The molecule has 1 amide bonds. The van der Waals surface area contributed by atoms with Crippen molar-refractivity contribution in [3.8, 4) is 0 Å². The molecule has 0 radical (unpaired) electrons. The summed E-state index contributed by atoms with van der Waals surface area (Å²) in [6, 6.07) is 0. The number of carbonyl (C=O) groups is 1. The summed E-state index contributed by atoms with van der Waals surface area (Å²) in [6.45, 7) is 3.71. The van der Waals surface area contributed by atoms with Crippen LogP contribution in [0.5, 0.6) is 0 Å². The predicted octanol–water partition coefficient (Wildman–Crippen LogP) is -0.585. The van der Waals surface area contributed by atoms with Crippen LogP contribution in [0.1, 0.15) is 26.5 Å². The fraction of sp³-hybridized carbons (Fsp3) is 0.500. The van der Waals surface area contributed by atoms with Crippen molar-refractivity contribution in [1.82, 2.24) is 19.5 Å². The zero-order chi connectivity index (χ0) is 22.2. The van der Waals surface area contributed by atoms with E-state index < -0.39 is 37.7 Å². The number of rotatable bonds is 6. The number of aromatic nitrogens is 4. The van der Waals surface area contributed by atoms with Crippen LogP contribution in [0.25, 0.3) is 11.2 Å². The molecule has 0 unspecified atom stereocenters. The SMILES string of the molecule is CC(C)CC(=O)Nc1nc2c(ncn2[C@@H]2O[C@H](/C=C/P(=O)(O)O)[C@@H](O)[C@H]2O)c(=O)[nH]1. The van der Waals surface area contributed by atoms with Crippen LogP contribution < -0.4 is 10.9 Å². The van der Waals surface area contributed by atoms with Crippen molar-refractivity contribution in [3.63, 3.8) is 0 Å². The van der Waals surface area contributed by atoms with E-state index in [-0.39, 0.29) is 35.4 Å². The van der Waals surface area contributed by atoms with Gasteiger partial charge < -0.3 is 24.7 Å². The number of hydrogen-bond donors (Lipinski definition) is 6. The fourth-order valence-electron chi connectivity index (χ4n) is 3.00. The van der Waals surface area contributed by atoms with Gasteiger partial charge in [0.25, 0.3) is 5.56 Å². The Morgan fingerprint density at radius 3 is 2.73 bits per heavy atom. The van der Waals surface area contributed by atoms with Gasteiger partial charge in [0.05, 0.1) is 6.33 Å². The number of aliphatic hydroxyl groups excluding tert-OH is 2. The molecule has 0 aromatic carbocycles. The number of nitrogens with one attached hydrogen (secondary N) is 2. The lowest BCUT2D eigenvalue weighted by atomic mass is 10.1. The van der Waals surface area contributed by atoms with Crippen LogP contribution >= 0.6 is 7.60 Å². The van der Waals surface area contributed by atoms with E-state index in [1.165, 1.54) is 10.9 Å². The molecule has 1 aliphatic rings. The van der Waals surface area contributed by atoms with Gasteiger partial charge in [-0.25, -0.2) is 4.98 Å². The summed E-state index contributed by atoms with van der Waals surface area (Å²) in [6.07, 6.45) is -3.14. The molecule has 0 spiro atoms. The van der Waals surface area contributed by atoms with Crippen LogP contribution in [-0.2, 0) is 14.1 Å². The van der Waals surface area contributed by atoms with Crippen molar-refractivity contribution in [2.24, 2.45) is 5.92 Å². The number of fused-ring (bicyclic) bond motifs is 1. The smallest absolute Gasteiger partial charge is 0.348 e. The molecule has 3 rings (SSSR count). The average Bonchev–Trinajstić information content (AvgIpc) is 3.14. The van der Waals surface area contributed by atoms with Crippen molar-refractivity contribution in [2.75, 3.05) is 5.32 Å². The van der Waals surface area contributed by atoms with E-state index in [2.05, 4.69) is 20.3 Å². The molecule has 6 N–H and O–H groups in total. The van der Waals surface area contributed by atoms with E-state index in [1.807, 2.05) is 13.8 Å². The van der Waals surface area contributed by atoms with E-state index >= 15 is 0 Å². The number of amides is 1. The number of ether oxygens (including phenoxy) is 1. The van der Waals surface area contributed by atoms with Crippen molar-refractivity contribution in [1.29, 1.82) is 0 Å². The van der Waals surface area contributed by atoms with Crippen LogP contribution in [0.3, 0.4) is 0 Å². The van der Waals surface area contributed by atoms with Crippen LogP contribution in [0.15, 0.2) is 23.0 Å². The molecule has 13 nitrogen and oxygen atoms in total. The highest BCUT2D eigenvalue weighted by Crippen LogP contribution is 2.38. The lowest BCUT2D eigenvalue weighted by Gasteiger charge is -2.16. The van der Waals surface area contributed by atoms with Crippen molar-refractivity contribution in [3.05, 3.63) is 28.6 Å². The maximum atomic E-state index is 12.3. The maximum Gasteiger partial charge on any atom is 0.348 e. The molecule has 1 fully saturated rings. The standard InChI is InChI=1S/C16H22N5O8P/c1-7(2)5-9(22)18-16-19-13-10(14(25)20-16)17-6-21(13)15-12(24)11(23)8(29-15)3-4-30(26,27)28/h3-4,6-8,11-12,15,23-24H,5H2,1-2H3,(H2,26,27,28)(H2,18,19,20,22,25)/b4-3+/t8-,11-,12-,15-/m1/s1. The Balaban J connectivity index is 1.92. The van der Waals surface area contributed by atoms with Gasteiger partial charge in [-0.1, -0.05) is 13.8 Å². The first-order valence-electron chi connectivity index (χ1n) is 8.99. The quantitative estimate of drug-likeness (QED) is 0.314. The number of H-pyrrole nitrogens is 1. The van der Waals surface area contributed by atoms with Crippen molar-refractivity contribution in [2.45, 2.75) is 44.8 Å². The highest BCUT2D eigenvalue weighted by atomic mass is 31.2. The lowest BCUT2D eigenvalue weighted by Crippen LogP contribution is -2.30. The molecule has 0 aliphatic carbocycles. The van der Waals surface area contributed by atoms with Crippen LogP contribution in [0.4, 0.5) is 5.95 Å². The minimum atomic E-state index is -4.49. The number of anilines is 1. The molecule has 2 aromatic heterocycles. The zero-order valence-electron chi connectivity index (χ0n) is 16.0. The molecule has 0 bridgehead atoms. The molecule has 1 saturated heterocycles. The third-order valence-corrected chi connectivity index (χ3v) is 4.86. The van der Waals surface area contributed by atoms with Crippen LogP contribution in [-0.4, -0.2) is 63.7 Å². The minimum absolute atomic E-state index is 0.0190.